The van der Waals surface area contributed by atoms with Crippen LogP contribution in [0.25, 0.3) is 98.8 Å². The lowest BCUT2D eigenvalue weighted by Crippen LogP contribution is -2.00. The molecular formula is C51H33N3S. The number of hydrogen-bond donors (Lipinski definition) is 0. The highest BCUT2D eigenvalue weighted by molar-refractivity contribution is 7.26. The summed E-state index contributed by atoms with van der Waals surface area (Å²) in [6.45, 7) is 0. The van der Waals surface area contributed by atoms with Crippen molar-refractivity contribution in [2.45, 2.75) is 0 Å². The number of fused-ring (bicyclic) bond motifs is 3. The lowest BCUT2D eigenvalue weighted by Gasteiger charge is -2.10. The molecule has 2 heterocycles. The van der Waals surface area contributed by atoms with E-state index in [-0.39, 0.29) is 0 Å². The zero-order valence-electron chi connectivity index (χ0n) is 29.8. The van der Waals surface area contributed by atoms with Crippen LogP contribution in [-0.2, 0) is 0 Å². The van der Waals surface area contributed by atoms with Crippen LogP contribution >= 0.6 is 11.3 Å². The molecule has 0 bridgehead atoms. The zero-order chi connectivity index (χ0) is 36.6. The fraction of sp³-hybridized carbons (Fsp3) is 0. The van der Waals surface area contributed by atoms with Crippen LogP contribution in [0, 0.1) is 0 Å². The summed E-state index contributed by atoms with van der Waals surface area (Å²) in [7, 11) is 0. The summed E-state index contributed by atoms with van der Waals surface area (Å²) in [6.07, 6.45) is 0. The van der Waals surface area contributed by atoms with Gasteiger partial charge in [0.25, 0.3) is 0 Å². The van der Waals surface area contributed by atoms with Crippen molar-refractivity contribution >= 4 is 31.5 Å². The molecule has 258 valence electrons. The second-order valence-electron chi connectivity index (χ2n) is 13.6. The minimum atomic E-state index is 0.645. The van der Waals surface area contributed by atoms with Gasteiger partial charge in [0.1, 0.15) is 0 Å². The predicted molar refractivity (Wildman–Crippen MR) is 231 cm³/mol. The summed E-state index contributed by atoms with van der Waals surface area (Å²) in [5.74, 6) is 1.95. The first kappa shape index (κ1) is 32.6. The van der Waals surface area contributed by atoms with Gasteiger partial charge < -0.3 is 0 Å². The smallest absolute Gasteiger partial charge is 0.164 e. The molecule has 2 aromatic heterocycles. The summed E-state index contributed by atoms with van der Waals surface area (Å²) < 4.78 is 2.46. The third-order valence-corrected chi connectivity index (χ3v) is 11.3. The van der Waals surface area contributed by atoms with Gasteiger partial charge in [0.15, 0.2) is 17.5 Å². The number of aromatic nitrogens is 3. The Morgan fingerprint density at radius 2 is 0.691 bits per heavy atom. The lowest BCUT2D eigenvalue weighted by atomic mass is 9.97. The summed E-state index contributed by atoms with van der Waals surface area (Å²) in [5, 5.41) is 2.51. The van der Waals surface area contributed by atoms with Crippen molar-refractivity contribution in [3.05, 3.63) is 200 Å². The van der Waals surface area contributed by atoms with Crippen molar-refractivity contribution in [3.8, 4) is 78.7 Å². The Labute approximate surface area is 323 Å². The zero-order valence-corrected chi connectivity index (χ0v) is 30.6. The molecule has 0 amide bonds. The van der Waals surface area contributed by atoms with Gasteiger partial charge in [-0.05, 0) is 62.7 Å². The third-order valence-electron chi connectivity index (χ3n) is 10.2. The normalized spacial score (nSPS) is 11.3. The van der Waals surface area contributed by atoms with E-state index in [9.17, 15) is 0 Å². The Bertz CT molecular complexity index is 2940. The quantitative estimate of drug-likeness (QED) is 0.165. The maximum absolute atomic E-state index is 5.10. The van der Waals surface area contributed by atoms with Crippen molar-refractivity contribution in [2.75, 3.05) is 0 Å². The van der Waals surface area contributed by atoms with Gasteiger partial charge in [-0.3, -0.25) is 0 Å². The molecule has 8 aromatic carbocycles. The molecule has 3 nitrogen and oxygen atoms in total. The fourth-order valence-corrected chi connectivity index (χ4v) is 8.52. The maximum atomic E-state index is 5.10. The van der Waals surface area contributed by atoms with E-state index >= 15 is 0 Å². The first-order valence-electron chi connectivity index (χ1n) is 18.4. The predicted octanol–water partition coefficient (Wildman–Crippen LogP) is 13.9. The van der Waals surface area contributed by atoms with Gasteiger partial charge in [-0.1, -0.05) is 182 Å². The standard InChI is InChI=1S/C51H33N3S/c1-4-12-34(13-5-1)36-22-26-38(27-23-36)44-20-11-21-46-48(44)45-31-30-43(33-47(45)55-46)51-53-49(39-16-8-3-9-17-39)52-50(54-51)40-28-24-37(25-29-40)42-19-10-18-41(32-42)35-14-6-2-7-15-35/h1-33H. The molecule has 0 aliphatic rings. The van der Waals surface area contributed by atoms with Gasteiger partial charge >= 0.3 is 0 Å². The van der Waals surface area contributed by atoms with E-state index in [0.29, 0.717) is 17.5 Å². The molecule has 0 fully saturated rings. The highest BCUT2D eigenvalue weighted by atomic mass is 32.1. The fourth-order valence-electron chi connectivity index (χ4n) is 7.35. The molecule has 0 radical (unpaired) electrons. The van der Waals surface area contributed by atoms with E-state index in [1.807, 2.05) is 35.6 Å². The molecule has 4 heteroatoms. The van der Waals surface area contributed by atoms with Gasteiger partial charge in [-0.25, -0.2) is 15.0 Å². The van der Waals surface area contributed by atoms with Crippen LogP contribution in [0.3, 0.4) is 0 Å². The highest BCUT2D eigenvalue weighted by Crippen LogP contribution is 2.42. The summed E-state index contributed by atoms with van der Waals surface area (Å²) in [6, 6.07) is 70.5. The molecule has 10 rings (SSSR count). The van der Waals surface area contributed by atoms with Crippen molar-refractivity contribution in [1.82, 2.24) is 15.0 Å². The van der Waals surface area contributed by atoms with E-state index < -0.39 is 0 Å². The van der Waals surface area contributed by atoms with Crippen LogP contribution in [0.15, 0.2) is 200 Å². The third kappa shape index (κ3) is 6.39. The molecule has 10 aromatic rings. The van der Waals surface area contributed by atoms with Crippen LogP contribution in [0.1, 0.15) is 0 Å². The Balaban J connectivity index is 1.02. The monoisotopic (exact) mass is 719 g/mol. The number of nitrogens with zero attached hydrogens (tertiary/aromatic N) is 3. The summed E-state index contributed by atoms with van der Waals surface area (Å²) in [4.78, 5) is 15.1. The molecule has 0 N–H and O–H groups in total. The van der Waals surface area contributed by atoms with Crippen LogP contribution in [0.5, 0.6) is 0 Å². The maximum Gasteiger partial charge on any atom is 0.164 e. The van der Waals surface area contributed by atoms with Crippen molar-refractivity contribution < 1.29 is 0 Å². The number of hydrogen-bond acceptors (Lipinski definition) is 4. The average molecular weight is 720 g/mol. The van der Waals surface area contributed by atoms with E-state index in [4.69, 9.17) is 15.0 Å². The lowest BCUT2D eigenvalue weighted by molar-refractivity contribution is 1.07. The van der Waals surface area contributed by atoms with Crippen LogP contribution in [0.2, 0.25) is 0 Å². The van der Waals surface area contributed by atoms with Gasteiger partial charge in [0.05, 0.1) is 0 Å². The van der Waals surface area contributed by atoms with Gasteiger partial charge in [0, 0.05) is 36.9 Å². The van der Waals surface area contributed by atoms with Crippen molar-refractivity contribution in [3.63, 3.8) is 0 Å². The minimum Gasteiger partial charge on any atom is -0.208 e. The molecule has 0 spiro atoms. The minimum absolute atomic E-state index is 0.645. The largest absolute Gasteiger partial charge is 0.208 e. The Morgan fingerprint density at radius 1 is 0.273 bits per heavy atom. The van der Waals surface area contributed by atoms with Gasteiger partial charge in [0.2, 0.25) is 0 Å². The second kappa shape index (κ2) is 14.1. The molecule has 0 atom stereocenters. The molecule has 0 saturated carbocycles. The number of benzene rings is 8. The van der Waals surface area contributed by atoms with E-state index in [1.54, 1.807) is 0 Å². The highest BCUT2D eigenvalue weighted by Gasteiger charge is 2.16. The van der Waals surface area contributed by atoms with E-state index in [2.05, 4.69) is 176 Å². The van der Waals surface area contributed by atoms with E-state index in [1.165, 1.54) is 59.1 Å². The van der Waals surface area contributed by atoms with Crippen molar-refractivity contribution in [1.29, 1.82) is 0 Å². The molecule has 0 saturated heterocycles. The van der Waals surface area contributed by atoms with Crippen LogP contribution < -0.4 is 0 Å². The number of thiophene rings is 1. The Morgan fingerprint density at radius 3 is 1.31 bits per heavy atom. The molecule has 0 aliphatic carbocycles. The number of rotatable bonds is 7. The van der Waals surface area contributed by atoms with E-state index in [0.717, 1.165) is 22.3 Å². The summed E-state index contributed by atoms with van der Waals surface area (Å²) in [5.41, 5.74) is 12.4. The summed E-state index contributed by atoms with van der Waals surface area (Å²) >= 11 is 1.81. The molecular weight excluding hydrogens is 687 g/mol. The second-order valence-corrected chi connectivity index (χ2v) is 14.7. The van der Waals surface area contributed by atoms with Crippen molar-refractivity contribution in [2.24, 2.45) is 0 Å². The van der Waals surface area contributed by atoms with Crippen LogP contribution in [-0.4, -0.2) is 15.0 Å². The Kier molecular flexibility index (Phi) is 8.36. The molecule has 0 aliphatic heterocycles. The van der Waals surface area contributed by atoms with Crippen LogP contribution in [0.4, 0.5) is 0 Å². The Hall–Kier alpha value is -7.01. The first-order valence-corrected chi connectivity index (χ1v) is 19.2. The molecule has 55 heavy (non-hydrogen) atoms. The average Bonchev–Trinajstić information content (AvgIpc) is 3.66. The SMILES string of the molecule is c1ccc(-c2ccc(-c3cccc4sc5cc(-c6nc(-c7ccccc7)nc(-c7ccc(-c8cccc(-c9ccccc9)c8)cc7)n6)ccc5c34)cc2)cc1. The molecule has 0 unspecified atom stereocenters. The van der Waals surface area contributed by atoms with Gasteiger partial charge in [-0.15, -0.1) is 11.3 Å². The van der Waals surface area contributed by atoms with Gasteiger partial charge in [-0.2, -0.15) is 0 Å². The first-order chi connectivity index (χ1) is 27.2. The topological polar surface area (TPSA) is 38.7 Å².